The number of alkyl halides is 3. The Morgan fingerprint density at radius 2 is 1.48 bits per heavy atom. The van der Waals surface area contributed by atoms with Crippen molar-refractivity contribution >= 4 is 50.5 Å². The van der Waals surface area contributed by atoms with E-state index < -0.39 is 19.8 Å². The summed E-state index contributed by atoms with van der Waals surface area (Å²) in [7, 11) is -3.05. The van der Waals surface area contributed by atoms with Crippen molar-refractivity contribution in [3.63, 3.8) is 0 Å². The quantitative estimate of drug-likeness (QED) is 0.186. The highest BCUT2D eigenvalue weighted by Crippen LogP contribution is 2.30. The van der Waals surface area contributed by atoms with Gasteiger partial charge in [-0.15, -0.1) is 0 Å². The third-order valence-electron chi connectivity index (χ3n) is 5.27. The van der Waals surface area contributed by atoms with Crippen molar-refractivity contribution < 1.29 is 13.2 Å². The number of hydrogen-bond donors (Lipinski definition) is 2. The van der Waals surface area contributed by atoms with Crippen molar-refractivity contribution in [3.05, 3.63) is 0 Å². The van der Waals surface area contributed by atoms with Crippen molar-refractivity contribution in [1.29, 1.82) is 0 Å². The highest BCUT2D eigenvalue weighted by atomic mass is 35.6. The molecule has 1 aliphatic rings. The molecule has 1 heterocycles. The summed E-state index contributed by atoms with van der Waals surface area (Å²) in [6.45, 7) is 2.23. The molecular weight excluding hydrogens is 455 g/mol. The second-order valence-electron chi connectivity index (χ2n) is 8.09. The minimum Gasteiger partial charge on any atom is -0.337 e. The van der Waals surface area contributed by atoms with Crippen LogP contribution in [0.1, 0.15) is 90.4 Å². The van der Waals surface area contributed by atoms with E-state index in [4.69, 9.17) is 34.8 Å². The van der Waals surface area contributed by atoms with Crippen LogP contribution < -0.4 is 10.6 Å². The third kappa shape index (κ3) is 13.3. The third-order valence-corrected chi connectivity index (χ3v) is 7.70. The number of rotatable bonds is 15. The molecule has 1 aliphatic heterocycles. The van der Waals surface area contributed by atoms with Gasteiger partial charge in [0.15, 0.2) is 9.84 Å². The lowest BCUT2D eigenvalue weighted by Gasteiger charge is -2.29. The van der Waals surface area contributed by atoms with Crippen molar-refractivity contribution in [3.8, 4) is 0 Å². The highest BCUT2D eigenvalue weighted by Gasteiger charge is 2.38. The zero-order valence-electron chi connectivity index (χ0n) is 17.5. The summed E-state index contributed by atoms with van der Waals surface area (Å²) in [5.74, 6) is -0.0755. The van der Waals surface area contributed by atoms with Crippen LogP contribution in [0.3, 0.4) is 0 Å². The number of hydrogen-bond acceptors (Lipinski definition) is 4. The van der Waals surface area contributed by atoms with Crippen molar-refractivity contribution in [1.82, 2.24) is 10.6 Å². The van der Waals surface area contributed by atoms with Gasteiger partial charge in [-0.05, 0) is 12.8 Å². The molecule has 0 aromatic heterocycles. The molecule has 9 heteroatoms. The van der Waals surface area contributed by atoms with E-state index in [9.17, 15) is 13.2 Å². The number of amides is 1. The lowest BCUT2D eigenvalue weighted by molar-refractivity contribution is -0.122. The smallest absolute Gasteiger partial charge is 0.223 e. The van der Waals surface area contributed by atoms with Gasteiger partial charge in [-0.2, -0.15) is 0 Å². The molecule has 2 atom stereocenters. The number of carbonyl (C=O) groups is 1. The SMILES string of the molecule is CCCCCCCCCCCCCC(=O)NC(NC1CCS(=O)(=O)C1)C(Cl)(Cl)Cl. The van der Waals surface area contributed by atoms with E-state index >= 15 is 0 Å². The average Bonchev–Trinajstić information content (AvgIpc) is 2.97. The van der Waals surface area contributed by atoms with Gasteiger partial charge in [0, 0.05) is 12.5 Å². The second-order valence-corrected chi connectivity index (χ2v) is 12.7. The Morgan fingerprint density at radius 1 is 0.966 bits per heavy atom. The van der Waals surface area contributed by atoms with Gasteiger partial charge in [-0.1, -0.05) is 106 Å². The lowest BCUT2D eigenvalue weighted by Crippen LogP contribution is -2.56. The van der Waals surface area contributed by atoms with Crippen LogP contribution in [-0.2, 0) is 14.6 Å². The van der Waals surface area contributed by atoms with E-state index in [0.717, 1.165) is 19.3 Å². The monoisotopic (exact) mass is 490 g/mol. The second kappa shape index (κ2) is 14.3. The minimum atomic E-state index is -3.05. The molecule has 29 heavy (non-hydrogen) atoms. The van der Waals surface area contributed by atoms with Crippen LogP contribution in [0.25, 0.3) is 0 Å². The van der Waals surface area contributed by atoms with Crippen LogP contribution in [0.15, 0.2) is 0 Å². The molecule has 1 fully saturated rings. The zero-order valence-corrected chi connectivity index (χ0v) is 20.6. The van der Waals surface area contributed by atoms with Crippen LogP contribution in [0.2, 0.25) is 0 Å². The summed E-state index contributed by atoms with van der Waals surface area (Å²) in [5, 5.41) is 5.68. The number of carbonyl (C=O) groups excluding carboxylic acids is 1. The summed E-state index contributed by atoms with van der Waals surface area (Å²) in [4.78, 5) is 12.2. The molecule has 0 spiro atoms. The molecule has 1 saturated heterocycles. The molecule has 2 unspecified atom stereocenters. The topological polar surface area (TPSA) is 75.3 Å². The van der Waals surface area contributed by atoms with Gasteiger partial charge in [-0.3, -0.25) is 10.1 Å². The van der Waals surface area contributed by atoms with E-state index in [1.165, 1.54) is 51.4 Å². The van der Waals surface area contributed by atoms with Gasteiger partial charge in [0.1, 0.15) is 6.17 Å². The molecule has 0 bridgehead atoms. The maximum atomic E-state index is 12.2. The van der Waals surface area contributed by atoms with Gasteiger partial charge in [-0.25, -0.2) is 8.42 Å². The van der Waals surface area contributed by atoms with Gasteiger partial charge in [0.25, 0.3) is 0 Å². The Morgan fingerprint density at radius 3 is 1.93 bits per heavy atom. The fourth-order valence-electron chi connectivity index (χ4n) is 3.56. The Kier molecular flexibility index (Phi) is 13.5. The Balaban J connectivity index is 2.16. The first-order chi connectivity index (χ1) is 13.6. The molecule has 1 amide bonds. The number of nitrogens with one attached hydrogen (secondary N) is 2. The largest absolute Gasteiger partial charge is 0.337 e. The predicted molar refractivity (Wildman–Crippen MR) is 123 cm³/mol. The Bertz CT molecular complexity index is 568. The average molecular weight is 492 g/mol. The number of halogens is 3. The first-order valence-electron chi connectivity index (χ1n) is 11.0. The Hall–Kier alpha value is 0.250. The van der Waals surface area contributed by atoms with Crippen LogP contribution in [0.4, 0.5) is 0 Å². The van der Waals surface area contributed by atoms with Gasteiger partial charge in [0.05, 0.1) is 11.5 Å². The summed E-state index contributed by atoms with van der Waals surface area (Å²) >= 11 is 17.9. The molecule has 0 aliphatic carbocycles. The number of unbranched alkanes of at least 4 members (excludes halogenated alkanes) is 10. The normalized spacial score (nSPS) is 19.9. The Labute approximate surface area is 191 Å². The molecule has 172 valence electrons. The van der Waals surface area contributed by atoms with E-state index in [0.29, 0.717) is 12.8 Å². The first-order valence-corrected chi connectivity index (χ1v) is 13.9. The van der Waals surface area contributed by atoms with E-state index in [1.807, 2.05) is 0 Å². The molecule has 0 radical (unpaired) electrons. The van der Waals surface area contributed by atoms with E-state index in [1.54, 1.807) is 0 Å². The van der Waals surface area contributed by atoms with Gasteiger partial charge in [0.2, 0.25) is 9.70 Å². The van der Waals surface area contributed by atoms with E-state index in [2.05, 4.69) is 17.6 Å². The predicted octanol–water partition coefficient (Wildman–Crippen LogP) is 5.28. The van der Waals surface area contributed by atoms with Crippen LogP contribution in [0.5, 0.6) is 0 Å². The van der Waals surface area contributed by atoms with Crippen molar-refractivity contribution in [2.45, 2.75) is 106 Å². The van der Waals surface area contributed by atoms with Gasteiger partial charge >= 0.3 is 0 Å². The van der Waals surface area contributed by atoms with Crippen LogP contribution >= 0.6 is 34.8 Å². The van der Waals surface area contributed by atoms with Crippen molar-refractivity contribution in [2.75, 3.05) is 11.5 Å². The first kappa shape index (κ1) is 27.3. The fraction of sp³-hybridized carbons (Fsp3) is 0.950. The highest BCUT2D eigenvalue weighted by molar-refractivity contribution is 7.91. The molecule has 0 aromatic carbocycles. The minimum absolute atomic E-state index is 0.00127. The molecule has 1 rings (SSSR count). The zero-order chi connectivity index (χ0) is 21.8. The maximum Gasteiger partial charge on any atom is 0.223 e. The standard InChI is InChI=1S/C20H37Cl3N2O3S/c1-2-3-4-5-6-7-8-9-10-11-12-13-18(26)25-19(20(21,22)23)24-17-14-15-29(27,28)16-17/h17,19,24H,2-16H2,1H3,(H,25,26). The number of sulfone groups is 1. The maximum absolute atomic E-state index is 12.2. The van der Waals surface area contributed by atoms with Crippen LogP contribution in [0, 0.1) is 0 Å². The summed E-state index contributed by atoms with van der Waals surface area (Å²) in [5.41, 5.74) is 0. The van der Waals surface area contributed by atoms with E-state index in [-0.39, 0.29) is 23.5 Å². The van der Waals surface area contributed by atoms with Crippen molar-refractivity contribution in [2.24, 2.45) is 0 Å². The molecule has 5 nitrogen and oxygen atoms in total. The summed E-state index contributed by atoms with van der Waals surface area (Å²) in [6.07, 6.45) is 13.3. The molecule has 2 N–H and O–H groups in total. The summed E-state index contributed by atoms with van der Waals surface area (Å²) in [6, 6.07) is -0.317. The van der Waals surface area contributed by atoms with Crippen LogP contribution in [-0.4, -0.2) is 41.8 Å². The molecular formula is C20H37Cl3N2O3S. The summed E-state index contributed by atoms with van der Waals surface area (Å²) < 4.78 is 21.4. The molecule has 0 saturated carbocycles. The molecule has 0 aromatic rings. The fourth-order valence-corrected chi connectivity index (χ4v) is 5.60. The van der Waals surface area contributed by atoms with Gasteiger partial charge < -0.3 is 5.32 Å². The lowest BCUT2D eigenvalue weighted by atomic mass is 10.1.